The molecule has 1 saturated heterocycles. The molecule has 0 spiro atoms. The van der Waals surface area contributed by atoms with Gasteiger partial charge >= 0.3 is 6.18 Å². The third-order valence-corrected chi connectivity index (χ3v) is 6.49. The number of nitrogens with one attached hydrogen (secondary N) is 1. The second-order valence-electron chi connectivity index (χ2n) is 8.99. The average molecular weight is 512 g/mol. The Morgan fingerprint density at radius 1 is 1.03 bits per heavy atom. The molecule has 1 aromatic carbocycles. The highest BCUT2D eigenvalue weighted by molar-refractivity contribution is 5.81. The van der Waals surface area contributed by atoms with E-state index in [1.165, 1.54) is 12.1 Å². The van der Waals surface area contributed by atoms with E-state index in [0.717, 1.165) is 61.1 Å². The van der Waals surface area contributed by atoms with Gasteiger partial charge in [-0.25, -0.2) is 4.98 Å². The summed E-state index contributed by atoms with van der Waals surface area (Å²) in [6.45, 7) is 4.85. The van der Waals surface area contributed by atoms with Crippen molar-refractivity contribution in [1.29, 1.82) is 0 Å². The van der Waals surface area contributed by atoms with Crippen molar-refractivity contribution in [3.8, 4) is 17.0 Å². The summed E-state index contributed by atoms with van der Waals surface area (Å²) in [5, 5.41) is 0.933. The van der Waals surface area contributed by atoms with Crippen molar-refractivity contribution in [1.82, 2.24) is 19.9 Å². The summed E-state index contributed by atoms with van der Waals surface area (Å²) < 4.78 is 52.0. The highest BCUT2D eigenvalue weighted by Gasteiger charge is 2.34. The van der Waals surface area contributed by atoms with E-state index in [0.29, 0.717) is 24.3 Å². The first-order valence-corrected chi connectivity index (χ1v) is 12.1. The summed E-state index contributed by atoms with van der Waals surface area (Å²) in [6, 6.07) is 9.29. The number of rotatable bonds is 8. The molecule has 5 rings (SSSR count). The second-order valence-corrected chi connectivity index (χ2v) is 8.99. The number of benzene rings is 1. The molecule has 10 heteroatoms. The van der Waals surface area contributed by atoms with Gasteiger partial charge in [-0.05, 0) is 41.0 Å². The SMILES string of the molecule is NCc1ccc(C(F)(F)F)c(-c2ccc(Cc3c[nH]c4ncc(OCCN5CCOCC5)cc34)cn2)c1. The number of halogens is 3. The Bertz CT molecular complexity index is 1350. The number of ether oxygens (including phenoxy) is 2. The number of aromatic nitrogens is 3. The molecule has 1 aliphatic rings. The van der Waals surface area contributed by atoms with E-state index in [2.05, 4.69) is 19.9 Å². The number of alkyl halides is 3. The fourth-order valence-corrected chi connectivity index (χ4v) is 4.47. The number of H-pyrrole nitrogens is 1. The number of hydrogen-bond donors (Lipinski definition) is 2. The zero-order chi connectivity index (χ0) is 25.8. The summed E-state index contributed by atoms with van der Waals surface area (Å²) >= 11 is 0. The van der Waals surface area contributed by atoms with Crippen molar-refractivity contribution in [3.63, 3.8) is 0 Å². The van der Waals surface area contributed by atoms with Gasteiger partial charge in [0.1, 0.15) is 18.0 Å². The average Bonchev–Trinajstić information content (AvgIpc) is 3.30. The molecular weight excluding hydrogens is 483 g/mol. The van der Waals surface area contributed by atoms with Crippen molar-refractivity contribution in [3.05, 3.63) is 77.2 Å². The molecule has 4 heterocycles. The first-order chi connectivity index (χ1) is 17.9. The quantitative estimate of drug-likeness (QED) is 0.365. The minimum absolute atomic E-state index is 0.0252. The van der Waals surface area contributed by atoms with Gasteiger partial charge in [-0.2, -0.15) is 13.2 Å². The van der Waals surface area contributed by atoms with Gasteiger partial charge in [0.25, 0.3) is 0 Å². The Hall–Kier alpha value is -3.47. The van der Waals surface area contributed by atoms with Crippen LogP contribution in [0.5, 0.6) is 5.75 Å². The fraction of sp³-hybridized carbons (Fsp3) is 0.333. The molecule has 0 aliphatic carbocycles. The second kappa shape index (κ2) is 10.9. The molecular formula is C27H28F3N5O2. The highest BCUT2D eigenvalue weighted by Crippen LogP contribution is 2.37. The highest BCUT2D eigenvalue weighted by atomic mass is 19.4. The molecule has 3 N–H and O–H groups in total. The lowest BCUT2D eigenvalue weighted by Crippen LogP contribution is -2.38. The van der Waals surface area contributed by atoms with Gasteiger partial charge < -0.3 is 20.2 Å². The molecule has 7 nitrogen and oxygen atoms in total. The molecule has 0 amide bonds. The molecule has 0 bridgehead atoms. The predicted octanol–water partition coefficient (Wildman–Crippen LogP) is 4.40. The molecule has 4 aromatic rings. The van der Waals surface area contributed by atoms with Crippen LogP contribution in [0.25, 0.3) is 22.3 Å². The van der Waals surface area contributed by atoms with Gasteiger partial charge in [0.2, 0.25) is 0 Å². The summed E-state index contributed by atoms with van der Waals surface area (Å²) in [4.78, 5) is 14.3. The van der Waals surface area contributed by atoms with E-state index in [4.69, 9.17) is 15.2 Å². The van der Waals surface area contributed by atoms with E-state index in [-0.39, 0.29) is 17.8 Å². The summed E-state index contributed by atoms with van der Waals surface area (Å²) in [6.07, 6.45) is 1.25. The van der Waals surface area contributed by atoms with E-state index < -0.39 is 11.7 Å². The summed E-state index contributed by atoms with van der Waals surface area (Å²) in [7, 11) is 0. The largest absolute Gasteiger partial charge is 0.491 e. The molecule has 0 unspecified atom stereocenters. The van der Waals surface area contributed by atoms with Crippen molar-refractivity contribution in [2.45, 2.75) is 19.1 Å². The van der Waals surface area contributed by atoms with E-state index in [1.54, 1.807) is 24.5 Å². The van der Waals surface area contributed by atoms with Crippen LogP contribution < -0.4 is 10.5 Å². The lowest BCUT2D eigenvalue weighted by atomic mass is 9.99. The number of hydrogen-bond acceptors (Lipinski definition) is 6. The van der Waals surface area contributed by atoms with Gasteiger partial charge in [-0.15, -0.1) is 0 Å². The van der Waals surface area contributed by atoms with Crippen LogP contribution in [0.15, 0.2) is 55.0 Å². The van der Waals surface area contributed by atoms with Crippen molar-refractivity contribution in [2.24, 2.45) is 5.73 Å². The smallest absolute Gasteiger partial charge is 0.417 e. The molecule has 37 heavy (non-hydrogen) atoms. The van der Waals surface area contributed by atoms with Crippen LogP contribution in [-0.4, -0.2) is 59.3 Å². The van der Waals surface area contributed by atoms with Crippen LogP contribution in [-0.2, 0) is 23.9 Å². The monoisotopic (exact) mass is 511 g/mol. The van der Waals surface area contributed by atoms with Crippen LogP contribution in [0.3, 0.4) is 0 Å². The van der Waals surface area contributed by atoms with E-state index in [1.807, 2.05) is 12.3 Å². The Morgan fingerprint density at radius 2 is 1.84 bits per heavy atom. The van der Waals surface area contributed by atoms with E-state index in [9.17, 15) is 13.2 Å². The third kappa shape index (κ3) is 5.93. The zero-order valence-electron chi connectivity index (χ0n) is 20.2. The van der Waals surface area contributed by atoms with Crippen LogP contribution in [0.4, 0.5) is 13.2 Å². The third-order valence-electron chi connectivity index (χ3n) is 6.49. The first kappa shape index (κ1) is 25.2. The number of fused-ring (bicyclic) bond motifs is 1. The Morgan fingerprint density at radius 3 is 2.57 bits per heavy atom. The minimum Gasteiger partial charge on any atom is -0.491 e. The normalized spacial score (nSPS) is 14.8. The number of nitrogens with two attached hydrogens (primary N) is 1. The Labute approximate surface area is 212 Å². The molecule has 3 aromatic heterocycles. The van der Waals surface area contributed by atoms with Crippen LogP contribution in [0, 0.1) is 0 Å². The molecule has 194 valence electrons. The van der Waals surface area contributed by atoms with Gasteiger partial charge in [-0.1, -0.05) is 12.1 Å². The van der Waals surface area contributed by atoms with Gasteiger partial charge in [0.05, 0.1) is 30.7 Å². The lowest BCUT2D eigenvalue weighted by molar-refractivity contribution is -0.137. The van der Waals surface area contributed by atoms with Gasteiger partial charge in [0, 0.05) is 55.9 Å². The van der Waals surface area contributed by atoms with Crippen LogP contribution in [0.1, 0.15) is 22.3 Å². The lowest BCUT2D eigenvalue weighted by Gasteiger charge is -2.26. The molecule has 1 fully saturated rings. The Balaban J connectivity index is 1.31. The minimum atomic E-state index is -4.48. The predicted molar refractivity (Wildman–Crippen MR) is 134 cm³/mol. The summed E-state index contributed by atoms with van der Waals surface area (Å²) in [5.41, 5.74) is 8.42. The van der Waals surface area contributed by atoms with Gasteiger partial charge in [-0.3, -0.25) is 9.88 Å². The van der Waals surface area contributed by atoms with Crippen molar-refractivity contribution < 1.29 is 22.6 Å². The number of morpholine rings is 1. The first-order valence-electron chi connectivity index (χ1n) is 12.1. The maximum Gasteiger partial charge on any atom is 0.417 e. The molecule has 0 saturated carbocycles. The number of nitrogens with zero attached hydrogens (tertiary/aromatic N) is 3. The van der Waals surface area contributed by atoms with Crippen molar-refractivity contribution in [2.75, 3.05) is 39.5 Å². The number of pyridine rings is 2. The van der Waals surface area contributed by atoms with E-state index >= 15 is 0 Å². The fourth-order valence-electron chi connectivity index (χ4n) is 4.47. The van der Waals surface area contributed by atoms with Crippen molar-refractivity contribution >= 4 is 11.0 Å². The molecule has 0 atom stereocenters. The maximum atomic E-state index is 13.6. The molecule has 1 aliphatic heterocycles. The van der Waals surface area contributed by atoms with Crippen LogP contribution >= 0.6 is 0 Å². The van der Waals surface area contributed by atoms with Crippen LogP contribution in [0.2, 0.25) is 0 Å². The van der Waals surface area contributed by atoms with Gasteiger partial charge in [0.15, 0.2) is 0 Å². The Kier molecular flexibility index (Phi) is 7.40. The molecule has 0 radical (unpaired) electrons. The maximum absolute atomic E-state index is 13.6. The summed E-state index contributed by atoms with van der Waals surface area (Å²) in [5.74, 6) is 0.689. The zero-order valence-corrected chi connectivity index (χ0v) is 20.2. The number of aromatic amines is 1. The topological polar surface area (TPSA) is 89.3 Å². The standard InChI is InChI=1S/C27H28F3N5O2/c28-27(29,30)24-3-1-18(14-31)12-23(24)25-4-2-19(15-32-25)11-20-16-33-26-22(20)13-21(17-34-26)37-10-7-35-5-8-36-9-6-35/h1-4,12-13,15-17H,5-11,14,31H2,(H,33,34).